The van der Waals surface area contributed by atoms with Gasteiger partial charge in [-0.05, 0) is 56.7 Å². The number of carbonyl (C=O) groups excluding carboxylic acids is 2. The third-order valence-corrected chi connectivity index (χ3v) is 7.02. The number of carbonyl (C=O) groups is 2. The molecule has 0 bridgehead atoms. The van der Waals surface area contributed by atoms with E-state index in [2.05, 4.69) is 50.8 Å². The highest BCUT2D eigenvalue weighted by molar-refractivity contribution is 5.90. The minimum absolute atomic E-state index is 0.0709. The van der Waals surface area contributed by atoms with Crippen LogP contribution < -0.4 is 10.6 Å². The van der Waals surface area contributed by atoms with E-state index in [4.69, 9.17) is 0 Å². The standard InChI is InChI=1S/C25H40N4O2/c1-18(26-5)23(30)27-22(25(2,3)4)24(31)29-16-13-20-12-15-28(17-21(20)29)14-11-19-9-7-6-8-10-19/h6-10,18,20-22,26H,11-17H2,1-5H3,(H,27,30)/t18-,20?,21?,22+/m0/s1. The van der Waals surface area contributed by atoms with Crippen molar-refractivity contribution in [3.8, 4) is 0 Å². The lowest BCUT2D eigenvalue weighted by molar-refractivity contribution is -0.141. The number of piperidine rings is 1. The summed E-state index contributed by atoms with van der Waals surface area (Å²) in [4.78, 5) is 30.8. The smallest absolute Gasteiger partial charge is 0.245 e. The van der Waals surface area contributed by atoms with Crippen LogP contribution in [0.5, 0.6) is 0 Å². The summed E-state index contributed by atoms with van der Waals surface area (Å²) in [5, 5.41) is 6.00. The highest BCUT2D eigenvalue weighted by atomic mass is 16.2. The number of likely N-dealkylation sites (N-methyl/N-ethyl adjacent to an activating group) is 1. The Morgan fingerprint density at radius 3 is 2.45 bits per heavy atom. The van der Waals surface area contributed by atoms with E-state index in [0.29, 0.717) is 5.92 Å². The summed E-state index contributed by atoms with van der Waals surface area (Å²) in [5.41, 5.74) is 1.01. The van der Waals surface area contributed by atoms with Gasteiger partial charge in [-0.25, -0.2) is 0 Å². The molecule has 2 saturated heterocycles. The molecule has 2 aliphatic heterocycles. The second kappa shape index (κ2) is 10.1. The number of nitrogens with zero attached hydrogens (tertiary/aromatic N) is 2. The molecule has 1 aromatic carbocycles. The molecule has 2 amide bonds. The van der Waals surface area contributed by atoms with Crippen LogP contribution in [0.15, 0.2) is 30.3 Å². The predicted octanol–water partition coefficient (Wildman–Crippen LogP) is 2.29. The van der Waals surface area contributed by atoms with Gasteiger partial charge in [0.1, 0.15) is 6.04 Å². The molecule has 0 spiro atoms. The lowest BCUT2D eigenvalue weighted by atomic mass is 9.85. The van der Waals surface area contributed by atoms with Crippen LogP contribution in [-0.2, 0) is 16.0 Å². The van der Waals surface area contributed by atoms with Gasteiger partial charge in [0.05, 0.1) is 6.04 Å². The van der Waals surface area contributed by atoms with Gasteiger partial charge in [0.2, 0.25) is 11.8 Å². The van der Waals surface area contributed by atoms with Crippen molar-refractivity contribution in [1.82, 2.24) is 20.4 Å². The maximum atomic E-state index is 13.7. The molecular weight excluding hydrogens is 388 g/mol. The average Bonchev–Trinajstić information content (AvgIpc) is 3.18. The molecule has 6 nitrogen and oxygen atoms in total. The summed E-state index contributed by atoms with van der Waals surface area (Å²) in [6.45, 7) is 11.8. The van der Waals surface area contributed by atoms with E-state index in [-0.39, 0.29) is 29.3 Å². The maximum Gasteiger partial charge on any atom is 0.245 e. The van der Waals surface area contributed by atoms with Gasteiger partial charge in [0.15, 0.2) is 0 Å². The minimum atomic E-state index is -0.519. The van der Waals surface area contributed by atoms with E-state index >= 15 is 0 Å². The number of benzene rings is 1. The Morgan fingerprint density at radius 2 is 1.81 bits per heavy atom. The summed E-state index contributed by atoms with van der Waals surface area (Å²) in [7, 11) is 1.76. The molecule has 0 saturated carbocycles. The Hall–Kier alpha value is -1.92. The molecule has 2 fully saturated rings. The Morgan fingerprint density at radius 1 is 1.13 bits per heavy atom. The van der Waals surface area contributed by atoms with Crippen LogP contribution in [0.25, 0.3) is 0 Å². The molecule has 1 aromatic rings. The van der Waals surface area contributed by atoms with Crippen LogP contribution in [0.1, 0.15) is 46.1 Å². The Kier molecular flexibility index (Phi) is 7.76. The van der Waals surface area contributed by atoms with Gasteiger partial charge >= 0.3 is 0 Å². The van der Waals surface area contributed by atoms with Gasteiger partial charge in [-0.2, -0.15) is 0 Å². The number of fused-ring (bicyclic) bond motifs is 1. The first-order valence-corrected chi connectivity index (χ1v) is 11.7. The minimum Gasteiger partial charge on any atom is -0.342 e. The first-order chi connectivity index (χ1) is 14.7. The summed E-state index contributed by atoms with van der Waals surface area (Å²) in [6, 6.07) is 10.0. The highest BCUT2D eigenvalue weighted by Crippen LogP contribution is 2.34. The van der Waals surface area contributed by atoms with E-state index in [9.17, 15) is 9.59 Å². The number of amides is 2. The fraction of sp³-hybridized carbons (Fsp3) is 0.680. The molecule has 2 aliphatic rings. The van der Waals surface area contributed by atoms with Crippen molar-refractivity contribution in [2.45, 2.75) is 65.1 Å². The van der Waals surface area contributed by atoms with E-state index in [1.54, 1.807) is 7.05 Å². The average molecular weight is 429 g/mol. The Bertz CT molecular complexity index is 746. The summed E-state index contributed by atoms with van der Waals surface area (Å²) >= 11 is 0. The van der Waals surface area contributed by atoms with E-state index in [1.807, 2.05) is 27.7 Å². The molecule has 31 heavy (non-hydrogen) atoms. The first-order valence-electron chi connectivity index (χ1n) is 11.7. The van der Waals surface area contributed by atoms with Gasteiger partial charge in [0.25, 0.3) is 0 Å². The van der Waals surface area contributed by atoms with Gasteiger partial charge in [-0.15, -0.1) is 0 Å². The monoisotopic (exact) mass is 428 g/mol. The molecule has 0 aliphatic carbocycles. The van der Waals surface area contributed by atoms with Crippen LogP contribution in [0.4, 0.5) is 0 Å². The number of likely N-dealkylation sites (tertiary alicyclic amines) is 2. The highest BCUT2D eigenvalue weighted by Gasteiger charge is 2.45. The zero-order valence-corrected chi connectivity index (χ0v) is 19.9. The quantitative estimate of drug-likeness (QED) is 0.699. The largest absolute Gasteiger partial charge is 0.342 e. The number of rotatable bonds is 7. The van der Waals surface area contributed by atoms with Crippen molar-refractivity contribution in [3.63, 3.8) is 0 Å². The number of hydrogen-bond donors (Lipinski definition) is 2. The summed E-state index contributed by atoms with van der Waals surface area (Å²) < 4.78 is 0. The lowest BCUT2D eigenvalue weighted by Crippen LogP contribution is -2.60. The fourth-order valence-electron chi connectivity index (χ4n) is 4.83. The van der Waals surface area contributed by atoms with Gasteiger partial charge in [0, 0.05) is 25.7 Å². The molecule has 2 unspecified atom stereocenters. The molecule has 0 aromatic heterocycles. The van der Waals surface area contributed by atoms with Crippen molar-refractivity contribution in [1.29, 1.82) is 0 Å². The van der Waals surface area contributed by atoms with Crippen molar-refractivity contribution >= 4 is 11.8 Å². The first kappa shape index (κ1) is 23.7. The van der Waals surface area contributed by atoms with Gasteiger partial charge < -0.3 is 20.4 Å². The second-order valence-electron chi connectivity index (χ2n) is 10.3. The predicted molar refractivity (Wildman–Crippen MR) is 125 cm³/mol. The summed E-state index contributed by atoms with van der Waals surface area (Å²) in [6.07, 6.45) is 3.25. The second-order valence-corrected chi connectivity index (χ2v) is 10.3. The van der Waals surface area contributed by atoms with Gasteiger partial charge in [-0.1, -0.05) is 51.1 Å². The molecule has 3 rings (SSSR count). The molecule has 2 heterocycles. The van der Waals surface area contributed by atoms with Crippen LogP contribution in [0, 0.1) is 11.3 Å². The zero-order chi connectivity index (χ0) is 22.6. The van der Waals surface area contributed by atoms with Crippen LogP contribution in [-0.4, -0.2) is 73.0 Å². The van der Waals surface area contributed by atoms with Crippen LogP contribution >= 0.6 is 0 Å². The molecule has 4 atom stereocenters. The van der Waals surface area contributed by atoms with Crippen LogP contribution in [0.2, 0.25) is 0 Å². The Balaban J connectivity index is 1.66. The number of hydrogen-bond acceptors (Lipinski definition) is 4. The van der Waals surface area contributed by atoms with Crippen LogP contribution in [0.3, 0.4) is 0 Å². The van der Waals surface area contributed by atoms with Crippen molar-refractivity contribution < 1.29 is 9.59 Å². The molecule has 0 radical (unpaired) electrons. The molecule has 2 N–H and O–H groups in total. The van der Waals surface area contributed by atoms with Crippen molar-refractivity contribution in [2.75, 3.05) is 33.2 Å². The molecular formula is C25H40N4O2. The van der Waals surface area contributed by atoms with Gasteiger partial charge in [-0.3, -0.25) is 9.59 Å². The van der Waals surface area contributed by atoms with E-state index in [1.165, 1.54) is 5.56 Å². The number of nitrogens with one attached hydrogen (secondary N) is 2. The molecule has 6 heteroatoms. The maximum absolute atomic E-state index is 13.7. The fourth-order valence-corrected chi connectivity index (χ4v) is 4.83. The normalized spacial score (nSPS) is 23.8. The zero-order valence-electron chi connectivity index (χ0n) is 19.9. The SMILES string of the molecule is CN[C@@H](C)C(=O)N[C@H](C(=O)N1CCC2CCN(CCc3ccccc3)CC21)C(C)(C)C. The van der Waals surface area contributed by atoms with E-state index in [0.717, 1.165) is 45.4 Å². The van der Waals surface area contributed by atoms with Crippen molar-refractivity contribution in [3.05, 3.63) is 35.9 Å². The third-order valence-electron chi connectivity index (χ3n) is 7.02. The molecule has 172 valence electrons. The lowest BCUT2D eigenvalue weighted by Gasteiger charge is -2.41. The third kappa shape index (κ3) is 5.86. The topological polar surface area (TPSA) is 64.7 Å². The Labute approximate surface area is 187 Å². The van der Waals surface area contributed by atoms with Crippen molar-refractivity contribution in [2.24, 2.45) is 11.3 Å². The van der Waals surface area contributed by atoms with E-state index < -0.39 is 6.04 Å². The summed E-state index contributed by atoms with van der Waals surface area (Å²) in [5.74, 6) is 0.519.